The molecule has 0 heterocycles. The van der Waals surface area contributed by atoms with Gasteiger partial charge in [-0.25, -0.2) is 0 Å². The molecule has 0 bridgehead atoms. The fourth-order valence-corrected chi connectivity index (χ4v) is 3.31. The van der Waals surface area contributed by atoms with Crippen molar-refractivity contribution in [2.24, 2.45) is 11.8 Å². The molecular weight excluding hydrogens is 274 g/mol. The average molecular weight is 296 g/mol. The molecule has 1 aliphatic carbocycles. The Labute approximate surface area is 125 Å². The Bertz CT molecular complexity index is 476. The van der Waals surface area contributed by atoms with Crippen LogP contribution in [-0.2, 0) is 0 Å². The summed E-state index contributed by atoms with van der Waals surface area (Å²) >= 11 is 6.00. The molecule has 1 amide bonds. The van der Waals surface area contributed by atoms with Crippen LogP contribution in [0.5, 0.6) is 5.75 Å². The molecular formula is C16H22ClNO2. The minimum Gasteiger partial charge on any atom is -0.507 e. The maximum absolute atomic E-state index is 12.2. The van der Waals surface area contributed by atoms with Crippen LogP contribution < -0.4 is 5.32 Å². The van der Waals surface area contributed by atoms with Crippen LogP contribution in [0.4, 0.5) is 0 Å². The lowest BCUT2D eigenvalue weighted by Gasteiger charge is -2.30. The van der Waals surface area contributed by atoms with Crippen molar-refractivity contribution in [1.82, 2.24) is 5.32 Å². The van der Waals surface area contributed by atoms with Gasteiger partial charge in [-0.1, -0.05) is 24.5 Å². The molecule has 2 unspecified atom stereocenters. The zero-order chi connectivity index (χ0) is 14.5. The number of aryl methyl sites for hydroxylation is 1. The summed E-state index contributed by atoms with van der Waals surface area (Å²) in [4.78, 5) is 12.2. The van der Waals surface area contributed by atoms with Gasteiger partial charge in [-0.05, 0) is 43.7 Å². The first-order valence-corrected chi connectivity index (χ1v) is 7.79. The number of alkyl halides is 1. The van der Waals surface area contributed by atoms with Crippen molar-refractivity contribution in [3.05, 3.63) is 29.3 Å². The van der Waals surface area contributed by atoms with Crippen LogP contribution in [0.15, 0.2) is 18.2 Å². The van der Waals surface area contributed by atoms with Crippen molar-refractivity contribution in [3.8, 4) is 5.75 Å². The normalized spacial score (nSPS) is 22.5. The lowest BCUT2D eigenvalue weighted by atomic mass is 9.80. The van der Waals surface area contributed by atoms with Crippen LogP contribution >= 0.6 is 11.6 Å². The average Bonchev–Trinajstić information content (AvgIpc) is 2.47. The van der Waals surface area contributed by atoms with E-state index in [-0.39, 0.29) is 11.7 Å². The molecule has 1 fully saturated rings. The van der Waals surface area contributed by atoms with Gasteiger partial charge in [0.05, 0.1) is 5.56 Å². The molecule has 110 valence electrons. The second-order valence-corrected chi connectivity index (χ2v) is 6.00. The fraction of sp³-hybridized carbons (Fsp3) is 0.562. The first-order valence-electron chi connectivity index (χ1n) is 7.25. The van der Waals surface area contributed by atoms with Crippen LogP contribution in [0.25, 0.3) is 0 Å². The van der Waals surface area contributed by atoms with Crippen LogP contribution in [0, 0.1) is 18.8 Å². The van der Waals surface area contributed by atoms with E-state index in [0.717, 1.165) is 18.4 Å². The Morgan fingerprint density at radius 3 is 2.75 bits per heavy atom. The monoisotopic (exact) mass is 295 g/mol. The van der Waals surface area contributed by atoms with Gasteiger partial charge in [0.15, 0.2) is 0 Å². The topological polar surface area (TPSA) is 49.3 Å². The quantitative estimate of drug-likeness (QED) is 0.836. The molecule has 1 aromatic rings. The highest BCUT2D eigenvalue weighted by atomic mass is 35.5. The Kier molecular flexibility index (Phi) is 5.30. The molecule has 1 aliphatic rings. The molecule has 20 heavy (non-hydrogen) atoms. The van der Waals surface area contributed by atoms with Gasteiger partial charge in [0.1, 0.15) is 5.75 Å². The summed E-state index contributed by atoms with van der Waals surface area (Å²) in [6.45, 7) is 2.55. The first kappa shape index (κ1) is 15.2. The van der Waals surface area contributed by atoms with E-state index in [1.807, 2.05) is 6.92 Å². The highest BCUT2D eigenvalue weighted by molar-refractivity contribution is 6.18. The lowest BCUT2D eigenvalue weighted by molar-refractivity contribution is 0.0934. The summed E-state index contributed by atoms with van der Waals surface area (Å²) < 4.78 is 0. The van der Waals surface area contributed by atoms with Crippen molar-refractivity contribution >= 4 is 17.5 Å². The number of hydrogen-bond acceptors (Lipinski definition) is 2. The Morgan fingerprint density at radius 1 is 1.35 bits per heavy atom. The number of phenolic OH excluding ortho intramolecular Hbond substituents is 1. The van der Waals surface area contributed by atoms with Crippen LogP contribution in [0.3, 0.4) is 0 Å². The van der Waals surface area contributed by atoms with Gasteiger partial charge >= 0.3 is 0 Å². The van der Waals surface area contributed by atoms with E-state index in [4.69, 9.17) is 11.6 Å². The van der Waals surface area contributed by atoms with Crippen molar-refractivity contribution < 1.29 is 9.90 Å². The number of halogens is 1. The zero-order valence-corrected chi connectivity index (χ0v) is 12.6. The lowest BCUT2D eigenvalue weighted by Crippen LogP contribution is -2.34. The summed E-state index contributed by atoms with van der Waals surface area (Å²) in [6.07, 6.45) is 4.72. The summed E-state index contributed by atoms with van der Waals surface area (Å²) in [5.74, 6) is 1.45. The van der Waals surface area contributed by atoms with Crippen molar-refractivity contribution in [1.29, 1.82) is 0 Å². The van der Waals surface area contributed by atoms with Gasteiger partial charge in [0.25, 0.3) is 5.91 Å². The van der Waals surface area contributed by atoms with E-state index in [1.165, 1.54) is 12.8 Å². The molecule has 0 radical (unpaired) electrons. The number of benzene rings is 1. The summed E-state index contributed by atoms with van der Waals surface area (Å²) in [5, 5.41) is 12.7. The molecule has 2 N–H and O–H groups in total. The van der Waals surface area contributed by atoms with Gasteiger partial charge < -0.3 is 10.4 Å². The SMILES string of the molecule is Cc1ccc(O)c(C(=O)NCC2CCCCC2CCl)c1. The smallest absolute Gasteiger partial charge is 0.255 e. The van der Waals surface area contributed by atoms with Crippen molar-refractivity contribution in [2.75, 3.05) is 12.4 Å². The number of carbonyl (C=O) groups is 1. The number of aromatic hydroxyl groups is 1. The second kappa shape index (κ2) is 6.98. The van der Waals surface area contributed by atoms with Gasteiger partial charge in [-0.2, -0.15) is 0 Å². The number of nitrogens with one attached hydrogen (secondary N) is 1. The van der Waals surface area contributed by atoms with Gasteiger partial charge in [-0.3, -0.25) is 4.79 Å². The molecule has 0 spiro atoms. The van der Waals surface area contributed by atoms with E-state index >= 15 is 0 Å². The number of hydrogen-bond donors (Lipinski definition) is 2. The minimum atomic E-state index is -0.204. The standard InChI is InChI=1S/C16H22ClNO2/c1-11-6-7-15(19)14(8-11)16(20)18-10-13-5-3-2-4-12(13)9-17/h6-8,12-13,19H,2-5,9-10H2,1H3,(H,18,20). The van der Waals surface area contributed by atoms with Crippen molar-refractivity contribution in [3.63, 3.8) is 0 Å². The fourth-order valence-electron chi connectivity index (χ4n) is 2.91. The van der Waals surface area contributed by atoms with Crippen molar-refractivity contribution in [2.45, 2.75) is 32.6 Å². The maximum Gasteiger partial charge on any atom is 0.255 e. The van der Waals surface area contributed by atoms with E-state index in [0.29, 0.717) is 29.8 Å². The third-order valence-electron chi connectivity index (χ3n) is 4.19. The summed E-state index contributed by atoms with van der Waals surface area (Å²) in [6, 6.07) is 5.06. The predicted molar refractivity (Wildman–Crippen MR) is 81.3 cm³/mol. The van der Waals surface area contributed by atoms with E-state index < -0.39 is 0 Å². The van der Waals surface area contributed by atoms with E-state index in [1.54, 1.807) is 18.2 Å². The highest BCUT2D eigenvalue weighted by Gasteiger charge is 2.25. The summed E-state index contributed by atoms with van der Waals surface area (Å²) in [5.41, 5.74) is 1.31. The second-order valence-electron chi connectivity index (χ2n) is 5.69. The Balaban J connectivity index is 1.96. The Hall–Kier alpha value is -1.22. The molecule has 1 saturated carbocycles. The highest BCUT2D eigenvalue weighted by Crippen LogP contribution is 2.30. The van der Waals surface area contributed by atoms with E-state index in [9.17, 15) is 9.90 Å². The number of phenols is 1. The molecule has 0 saturated heterocycles. The third kappa shape index (κ3) is 3.66. The third-order valence-corrected chi connectivity index (χ3v) is 4.58. The molecule has 0 aliphatic heterocycles. The number of amides is 1. The molecule has 2 atom stereocenters. The number of rotatable bonds is 4. The summed E-state index contributed by atoms with van der Waals surface area (Å²) in [7, 11) is 0. The molecule has 0 aromatic heterocycles. The predicted octanol–water partition coefficient (Wildman–Crippen LogP) is 3.48. The molecule has 2 rings (SSSR count). The van der Waals surface area contributed by atoms with Gasteiger partial charge in [-0.15, -0.1) is 11.6 Å². The largest absolute Gasteiger partial charge is 0.507 e. The first-order chi connectivity index (χ1) is 9.61. The zero-order valence-electron chi connectivity index (χ0n) is 11.9. The van der Waals surface area contributed by atoms with Gasteiger partial charge in [0.2, 0.25) is 0 Å². The molecule has 4 heteroatoms. The molecule has 3 nitrogen and oxygen atoms in total. The van der Waals surface area contributed by atoms with Crippen LogP contribution in [0.2, 0.25) is 0 Å². The minimum absolute atomic E-state index is 0.0330. The van der Waals surface area contributed by atoms with Crippen LogP contribution in [-0.4, -0.2) is 23.4 Å². The molecule has 1 aromatic carbocycles. The van der Waals surface area contributed by atoms with E-state index in [2.05, 4.69) is 5.32 Å². The van der Waals surface area contributed by atoms with Gasteiger partial charge in [0, 0.05) is 12.4 Å². The Morgan fingerprint density at radius 2 is 2.05 bits per heavy atom. The van der Waals surface area contributed by atoms with Crippen LogP contribution in [0.1, 0.15) is 41.6 Å². The number of carbonyl (C=O) groups excluding carboxylic acids is 1. The maximum atomic E-state index is 12.2.